The fourth-order valence-electron chi connectivity index (χ4n) is 1.73. The molecule has 112 valence electrons. The molecule has 2 aromatic rings. The number of aromatic nitrogens is 1. The Morgan fingerprint density at radius 1 is 1.19 bits per heavy atom. The van der Waals surface area contributed by atoms with Crippen LogP contribution in [-0.2, 0) is 16.4 Å². The zero-order valence-electron chi connectivity index (χ0n) is 10.8. The van der Waals surface area contributed by atoms with Crippen molar-refractivity contribution in [3.05, 3.63) is 62.5 Å². The van der Waals surface area contributed by atoms with Crippen LogP contribution >= 0.6 is 23.2 Å². The summed E-state index contributed by atoms with van der Waals surface area (Å²) in [6, 6.07) is 6.16. The van der Waals surface area contributed by atoms with Gasteiger partial charge in [0.1, 0.15) is 4.90 Å². The van der Waals surface area contributed by atoms with Crippen LogP contribution < -0.4 is 10.2 Å². The number of H-pyrrole nitrogens is 1. The number of rotatable bonds is 5. The average Bonchev–Trinajstić information content (AvgIpc) is 2.41. The molecule has 0 bridgehead atoms. The number of sulfonamides is 1. The molecule has 0 aliphatic rings. The van der Waals surface area contributed by atoms with Gasteiger partial charge >= 0.3 is 0 Å². The van der Waals surface area contributed by atoms with E-state index in [1.165, 1.54) is 6.20 Å². The molecule has 0 amide bonds. The number of aromatic amines is 1. The van der Waals surface area contributed by atoms with Crippen LogP contribution in [0.15, 0.2) is 46.3 Å². The van der Waals surface area contributed by atoms with E-state index in [9.17, 15) is 13.2 Å². The van der Waals surface area contributed by atoms with Gasteiger partial charge in [0.05, 0.1) is 0 Å². The Hall–Kier alpha value is -1.34. The molecule has 1 heterocycles. The monoisotopic (exact) mass is 346 g/mol. The Morgan fingerprint density at radius 3 is 2.62 bits per heavy atom. The summed E-state index contributed by atoms with van der Waals surface area (Å²) < 4.78 is 26.4. The first kappa shape index (κ1) is 16.0. The smallest absolute Gasteiger partial charge is 0.245 e. The highest BCUT2D eigenvalue weighted by molar-refractivity contribution is 7.89. The topological polar surface area (TPSA) is 79.0 Å². The van der Waals surface area contributed by atoms with Gasteiger partial charge in [-0.25, -0.2) is 13.1 Å². The molecule has 2 rings (SSSR count). The molecule has 1 aromatic heterocycles. The van der Waals surface area contributed by atoms with E-state index in [2.05, 4.69) is 9.71 Å². The third kappa shape index (κ3) is 4.07. The summed E-state index contributed by atoms with van der Waals surface area (Å²) in [6.07, 6.45) is 2.91. The standard InChI is InChI=1S/C13H12Cl2N2O3S/c14-10-2-1-9(11(15)7-10)3-6-17-21(19,20)13-8-16-5-4-12(13)18/h1-2,4-5,7-8,17H,3,6H2,(H,16,18). The molecule has 0 unspecified atom stereocenters. The lowest BCUT2D eigenvalue weighted by atomic mass is 10.1. The molecule has 0 saturated carbocycles. The van der Waals surface area contributed by atoms with E-state index < -0.39 is 15.5 Å². The van der Waals surface area contributed by atoms with Crippen LogP contribution in [0.1, 0.15) is 5.56 Å². The molecular formula is C13H12Cl2N2O3S. The van der Waals surface area contributed by atoms with E-state index in [-0.39, 0.29) is 11.4 Å². The molecular weight excluding hydrogens is 335 g/mol. The van der Waals surface area contributed by atoms with Crippen LogP contribution in [0.5, 0.6) is 0 Å². The van der Waals surface area contributed by atoms with Gasteiger partial charge in [-0.3, -0.25) is 4.79 Å². The van der Waals surface area contributed by atoms with Crippen LogP contribution in [0, 0.1) is 0 Å². The molecule has 5 nitrogen and oxygen atoms in total. The van der Waals surface area contributed by atoms with Crippen molar-refractivity contribution in [2.45, 2.75) is 11.3 Å². The van der Waals surface area contributed by atoms with Crippen LogP contribution in [0.3, 0.4) is 0 Å². The number of halogens is 2. The summed E-state index contributed by atoms with van der Waals surface area (Å²) in [7, 11) is -3.85. The van der Waals surface area contributed by atoms with E-state index in [1.54, 1.807) is 18.2 Å². The molecule has 0 radical (unpaired) electrons. The zero-order chi connectivity index (χ0) is 15.5. The first-order chi connectivity index (χ1) is 9.90. The normalized spacial score (nSPS) is 11.5. The molecule has 2 N–H and O–H groups in total. The lowest BCUT2D eigenvalue weighted by molar-refractivity contribution is 0.580. The fourth-order valence-corrected chi connectivity index (χ4v) is 3.32. The highest BCUT2D eigenvalue weighted by Crippen LogP contribution is 2.21. The van der Waals surface area contributed by atoms with Gasteiger partial charge in [-0.05, 0) is 24.1 Å². The summed E-state index contributed by atoms with van der Waals surface area (Å²) in [5.74, 6) is 0. The molecule has 1 aromatic carbocycles. The van der Waals surface area contributed by atoms with Gasteiger partial charge in [0.15, 0.2) is 0 Å². The van der Waals surface area contributed by atoms with Crippen molar-refractivity contribution in [3.8, 4) is 0 Å². The summed E-state index contributed by atoms with van der Waals surface area (Å²) in [6.45, 7) is 0.123. The fraction of sp³-hybridized carbons (Fsp3) is 0.154. The molecule has 21 heavy (non-hydrogen) atoms. The van der Waals surface area contributed by atoms with Gasteiger partial charge in [0, 0.05) is 35.1 Å². The summed E-state index contributed by atoms with van der Waals surface area (Å²) in [5, 5.41) is 0.986. The third-order valence-electron chi connectivity index (χ3n) is 2.78. The quantitative estimate of drug-likeness (QED) is 0.870. The minimum absolute atomic E-state index is 0.123. The minimum Gasteiger partial charge on any atom is -0.366 e. The van der Waals surface area contributed by atoms with Crippen molar-refractivity contribution in [3.63, 3.8) is 0 Å². The van der Waals surface area contributed by atoms with Gasteiger partial charge in [0.25, 0.3) is 0 Å². The number of nitrogens with one attached hydrogen (secondary N) is 2. The van der Waals surface area contributed by atoms with E-state index >= 15 is 0 Å². The molecule has 8 heteroatoms. The Labute approximate surface area is 132 Å². The second-order valence-electron chi connectivity index (χ2n) is 4.26. The molecule has 0 saturated heterocycles. The van der Waals surface area contributed by atoms with Gasteiger partial charge in [-0.1, -0.05) is 29.3 Å². The molecule has 0 spiro atoms. The Morgan fingerprint density at radius 2 is 1.95 bits per heavy atom. The largest absolute Gasteiger partial charge is 0.366 e. The van der Waals surface area contributed by atoms with E-state index in [1.807, 2.05) is 0 Å². The van der Waals surface area contributed by atoms with Crippen molar-refractivity contribution in [1.29, 1.82) is 0 Å². The number of hydrogen-bond donors (Lipinski definition) is 2. The van der Waals surface area contributed by atoms with Gasteiger partial charge in [-0.2, -0.15) is 0 Å². The number of pyridine rings is 1. The Balaban J connectivity index is 2.06. The van der Waals surface area contributed by atoms with Crippen LogP contribution in [-0.4, -0.2) is 19.9 Å². The number of hydrogen-bond acceptors (Lipinski definition) is 3. The van der Waals surface area contributed by atoms with Crippen molar-refractivity contribution in [2.24, 2.45) is 0 Å². The summed E-state index contributed by atoms with van der Waals surface area (Å²) in [5.41, 5.74) is 0.205. The minimum atomic E-state index is -3.85. The van der Waals surface area contributed by atoms with Gasteiger partial charge in [0.2, 0.25) is 15.5 Å². The lowest BCUT2D eigenvalue weighted by Gasteiger charge is -2.07. The highest BCUT2D eigenvalue weighted by Gasteiger charge is 2.17. The average molecular weight is 347 g/mol. The molecule has 0 atom stereocenters. The second kappa shape index (κ2) is 6.62. The summed E-state index contributed by atoms with van der Waals surface area (Å²) in [4.78, 5) is 13.8. The third-order valence-corrected chi connectivity index (χ3v) is 4.85. The van der Waals surface area contributed by atoms with Crippen LogP contribution in [0.4, 0.5) is 0 Å². The van der Waals surface area contributed by atoms with E-state index in [0.29, 0.717) is 16.5 Å². The molecule has 0 aliphatic carbocycles. The SMILES string of the molecule is O=c1cc[nH]cc1S(=O)(=O)NCCc1ccc(Cl)cc1Cl. The summed E-state index contributed by atoms with van der Waals surface area (Å²) >= 11 is 11.8. The Kier molecular flexibility index (Phi) is 5.05. The first-order valence-corrected chi connectivity index (χ1v) is 8.25. The highest BCUT2D eigenvalue weighted by atomic mass is 35.5. The van der Waals surface area contributed by atoms with E-state index in [4.69, 9.17) is 23.2 Å². The maximum absolute atomic E-state index is 12.0. The first-order valence-electron chi connectivity index (χ1n) is 6.01. The van der Waals surface area contributed by atoms with Crippen molar-refractivity contribution in [1.82, 2.24) is 9.71 Å². The maximum Gasteiger partial charge on any atom is 0.245 e. The maximum atomic E-state index is 12.0. The second-order valence-corrected chi connectivity index (χ2v) is 6.84. The van der Waals surface area contributed by atoms with Crippen molar-refractivity contribution >= 4 is 33.2 Å². The predicted molar refractivity (Wildman–Crippen MR) is 82.4 cm³/mol. The zero-order valence-corrected chi connectivity index (χ0v) is 13.1. The van der Waals surface area contributed by atoms with Crippen LogP contribution in [0.2, 0.25) is 10.0 Å². The lowest BCUT2D eigenvalue weighted by Crippen LogP contribution is -2.30. The van der Waals surface area contributed by atoms with Gasteiger partial charge in [-0.15, -0.1) is 0 Å². The van der Waals surface area contributed by atoms with Crippen molar-refractivity contribution in [2.75, 3.05) is 6.54 Å². The van der Waals surface area contributed by atoms with Crippen molar-refractivity contribution < 1.29 is 8.42 Å². The predicted octanol–water partition coefficient (Wildman–Crippen LogP) is 2.20. The number of benzene rings is 1. The van der Waals surface area contributed by atoms with Crippen LogP contribution in [0.25, 0.3) is 0 Å². The van der Waals surface area contributed by atoms with E-state index in [0.717, 1.165) is 17.8 Å². The molecule has 0 aliphatic heterocycles. The Bertz CT molecular complexity index is 803. The molecule has 0 fully saturated rings. The van der Waals surface area contributed by atoms with Gasteiger partial charge < -0.3 is 4.98 Å².